The van der Waals surface area contributed by atoms with Crippen LogP contribution in [-0.2, 0) is 9.31 Å². The molecule has 1 fully saturated rings. The lowest BCUT2D eigenvalue weighted by molar-refractivity contribution is 0.00578. The zero-order chi connectivity index (χ0) is 93.2. The van der Waals surface area contributed by atoms with Gasteiger partial charge in [-0.15, -0.1) is 0 Å². The van der Waals surface area contributed by atoms with Gasteiger partial charge in [0.25, 0.3) is 0 Å². The lowest BCUT2D eigenvalue weighted by Gasteiger charge is -2.32. The summed E-state index contributed by atoms with van der Waals surface area (Å²) in [6.07, 6.45) is 0. The Bertz CT molecular complexity index is 8240. The molecule has 110 heavy (non-hydrogen) atoms. The standard InChI is InChI=1S/C48H30N2.C36H31BO2.C18H11BrN2/c1-3-13-31(14-4-1)43-29-25-33-23-24-34-26-30-44(50-48(34)47(33)49-43)37-27-28-42(36-18-8-7-17-35(36)37)46-40-21-11-9-19-38(40)45(32-15-5-2-6-16-32)39-20-10-12-22-41(39)46;1-35(2)36(3,4)39-37(38-35)32-23-22-31(25-16-8-9-17-26(25)32)34-29-20-12-10-18-27(29)33(24-14-6-5-7-15-24)28-19-11-13-21-30(28)34;19-16-11-9-14-7-6-13-8-10-15(12-4-2-1-3-5-12)20-17(13)18(14)21-16/h1-30H;5-23H,1-4H3;1-11H/i1D,3D,4D,13D,14D,23D,24D,25D,26D,29D,30D;;1D,2D,3D,4D,5D,6D,7D,8D,9D,10D,11D. The first-order chi connectivity index (χ1) is 63.2. The van der Waals surface area contributed by atoms with E-state index in [2.05, 4.69) is 210 Å². The maximum absolute atomic E-state index is 9.29. The second-order valence-electron chi connectivity index (χ2n) is 27.6. The molecule has 1 aliphatic rings. The van der Waals surface area contributed by atoms with Gasteiger partial charge in [0.15, 0.2) is 0 Å². The van der Waals surface area contributed by atoms with Crippen LogP contribution in [0.2, 0.25) is 0 Å². The molecule has 1 aliphatic heterocycles. The molecule has 1 saturated heterocycles. The molecule has 0 bridgehead atoms. The van der Waals surface area contributed by atoms with Crippen molar-refractivity contribution < 1.29 is 39.5 Å². The molecule has 8 heteroatoms. The van der Waals surface area contributed by atoms with E-state index >= 15 is 0 Å². The Morgan fingerprint density at radius 3 is 0.964 bits per heavy atom. The number of benzene rings is 16. The SMILES string of the molecule is CC1(C)OB(c2ccc(-c3c4ccccc4c(-c4ccccc4)c4ccccc34)c3ccccc23)OC1(C)C.[2H]c1c([2H])c([2H])c(-c2nc3c(c([2H])c2[2H])c([2H])c([2H])c2c([2H])c([2H])c(-c4ccc(-c5c6ccccc6c(-c6ccccc6)c6ccccc56)c5ccccc45)nc23)c([2H])c1[2H].[2H]c1c([2H])c([2H])c(-c2nc3c(c([2H])c2[2H])c([2H])c([2H])c2c([2H])c([2H])c(Br)nc23)c([2H])c1[2H]. The number of hydrogen-bond donors (Lipinski definition) is 0. The van der Waals surface area contributed by atoms with E-state index in [1.807, 2.05) is 78.9 Å². The quantitative estimate of drug-likeness (QED) is 0.0653. The van der Waals surface area contributed by atoms with Crippen LogP contribution in [0.15, 0.2) is 368 Å². The third-order valence-corrected chi connectivity index (χ3v) is 21.1. The van der Waals surface area contributed by atoms with E-state index in [0.29, 0.717) is 5.56 Å². The van der Waals surface area contributed by atoms with Crippen molar-refractivity contribution in [3.8, 4) is 78.3 Å². The molecule has 5 heterocycles. The first-order valence-electron chi connectivity index (χ1n) is 46.8. The highest BCUT2D eigenvalue weighted by atomic mass is 79.9. The summed E-state index contributed by atoms with van der Waals surface area (Å²) in [6, 6.07) is 68.3. The summed E-state index contributed by atoms with van der Waals surface area (Å²) in [4.78, 5) is 18.0. The average Bonchev–Trinajstić information content (AvgIpc) is 0.797. The summed E-state index contributed by atoms with van der Waals surface area (Å²) in [5.41, 5.74) is 8.06. The Kier molecular flexibility index (Phi) is 12.2. The summed E-state index contributed by atoms with van der Waals surface area (Å²) in [5.74, 6) is 0. The molecule has 0 spiro atoms. The molecule has 522 valence electrons. The highest BCUT2D eigenvalue weighted by molar-refractivity contribution is 9.10. The topological polar surface area (TPSA) is 70.0 Å². The van der Waals surface area contributed by atoms with Gasteiger partial charge >= 0.3 is 7.12 Å². The molecule has 21 rings (SSSR count). The van der Waals surface area contributed by atoms with Crippen molar-refractivity contribution in [3.05, 3.63) is 368 Å². The summed E-state index contributed by atoms with van der Waals surface area (Å²) in [6.45, 7) is 8.43. The normalized spacial score (nSPS) is 16.0. The zero-order valence-corrected chi connectivity index (χ0v) is 61.1. The maximum Gasteiger partial charge on any atom is 0.495 e. The van der Waals surface area contributed by atoms with Gasteiger partial charge in [-0.25, -0.2) is 19.9 Å². The summed E-state index contributed by atoms with van der Waals surface area (Å²) in [7, 11) is -0.414. The van der Waals surface area contributed by atoms with Gasteiger partial charge in [0.05, 0.1) is 80.5 Å². The Balaban J connectivity index is 0.000000136. The summed E-state index contributed by atoms with van der Waals surface area (Å²) in [5, 5.41) is 12.5. The van der Waals surface area contributed by atoms with Crippen LogP contribution in [0.5, 0.6) is 0 Å². The van der Waals surface area contributed by atoms with Crippen molar-refractivity contribution >= 4 is 137 Å². The summed E-state index contributed by atoms with van der Waals surface area (Å²) < 4.78 is 198. The van der Waals surface area contributed by atoms with Crippen molar-refractivity contribution in [2.45, 2.75) is 38.9 Å². The number of pyridine rings is 4. The van der Waals surface area contributed by atoms with E-state index in [-0.39, 0.29) is 83.3 Å². The number of hydrogen-bond acceptors (Lipinski definition) is 6. The number of rotatable bonds is 8. The van der Waals surface area contributed by atoms with E-state index in [1.165, 1.54) is 49.2 Å². The van der Waals surface area contributed by atoms with Crippen LogP contribution in [-0.4, -0.2) is 38.3 Å². The third kappa shape index (κ3) is 12.1. The van der Waals surface area contributed by atoms with E-state index in [9.17, 15) is 2.74 Å². The average molecular weight is 1500 g/mol. The van der Waals surface area contributed by atoms with Crippen molar-refractivity contribution in [1.29, 1.82) is 0 Å². The molecule has 6 nitrogen and oxygen atoms in total. The molecule has 0 atom stereocenters. The monoisotopic (exact) mass is 1500 g/mol. The van der Waals surface area contributed by atoms with Gasteiger partial charge in [0.1, 0.15) is 4.60 Å². The van der Waals surface area contributed by atoms with E-state index in [4.69, 9.17) is 41.7 Å². The van der Waals surface area contributed by atoms with Crippen LogP contribution < -0.4 is 5.46 Å². The number of aromatic nitrogens is 4. The molecule has 4 aromatic heterocycles. The fraction of sp³-hybridized carbons (Fsp3) is 0.0588. The lowest BCUT2D eigenvalue weighted by atomic mass is 9.74. The van der Waals surface area contributed by atoms with Gasteiger partial charge in [-0.3, -0.25) is 0 Å². The fourth-order valence-corrected chi connectivity index (χ4v) is 15.3. The second-order valence-corrected chi connectivity index (χ2v) is 28.4. The molecule has 0 radical (unpaired) electrons. The van der Waals surface area contributed by atoms with E-state index in [1.54, 1.807) is 0 Å². The molecule has 20 aromatic rings. The Hall–Kier alpha value is -12.8. The largest absolute Gasteiger partial charge is 0.495 e. The molecule has 0 aliphatic carbocycles. The van der Waals surface area contributed by atoms with Crippen LogP contribution in [0.1, 0.15) is 57.9 Å². The van der Waals surface area contributed by atoms with Crippen LogP contribution in [0, 0.1) is 0 Å². The predicted octanol–water partition coefficient (Wildman–Crippen LogP) is 26.9. The van der Waals surface area contributed by atoms with Crippen LogP contribution in [0.3, 0.4) is 0 Å². The minimum absolute atomic E-state index is 0.0268. The van der Waals surface area contributed by atoms with Crippen molar-refractivity contribution in [2.75, 3.05) is 0 Å². The van der Waals surface area contributed by atoms with Crippen molar-refractivity contribution in [3.63, 3.8) is 0 Å². The second kappa shape index (κ2) is 28.1. The van der Waals surface area contributed by atoms with Gasteiger partial charge in [0.2, 0.25) is 0 Å². The number of nitrogens with zero attached hydrogens (tertiary/aromatic N) is 4. The lowest BCUT2D eigenvalue weighted by Crippen LogP contribution is -2.41. The van der Waals surface area contributed by atoms with Crippen LogP contribution >= 0.6 is 15.9 Å². The predicted molar refractivity (Wildman–Crippen MR) is 467 cm³/mol. The van der Waals surface area contributed by atoms with Crippen molar-refractivity contribution in [1.82, 2.24) is 19.9 Å². The molecule has 16 aromatic carbocycles. The zero-order valence-electron chi connectivity index (χ0n) is 81.5. The highest BCUT2D eigenvalue weighted by Gasteiger charge is 2.52. The number of fused-ring (bicyclic) bond motifs is 12. The molecule has 0 N–H and O–H groups in total. The van der Waals surface area contributed by atoms with Gasteiger partial charge in [-0.2, -0.15) is 0 Å². The first-order valence-corrected chi connectivity index (χ1v) is 36.5. The van der Waals surface area contributed by atoms with Crippen molar-refractivity contribution in [2.24, 2.45) is 0 Å². The molecular formula is C102H72BBrN4O2. The molecule has 0 amide bonds. The molecule has 0 unspecified atom stereocenters. The third-order valence-electron chi connectivity index (χ3n) is 20.8. The van der Waals surface area contributed by atoms with Gasteiger partial charge in [-0.05, 0) is 182 Å². The Morgan fingerprint density at radius 2 is 0.555 bits per heavy atom. The van der Waals surface area contributed by atoms with Crippen LogP contribution in [0.25, 0.3) is 187 Å². The Labute approximate surface area is 678 Å². The molecule has 0 saturated carbocycles. The summed E-state index contributed by atoms with van der Waals surface area (Å²) >= 11 is 3.07. The van der Waals surface area contributed by atoms with E-state index < -0.39 is 144 Å². The van der Waals surface area contributed by atoms with E-state index in [0.717, 1.165) is 65.4 Å². The molecular weight excluding hydrogens is 1400 g/mol. The van der Waals surface area contributed by atoms with Gasteiger partial charge < -0.3 is 9.31 Å². The van der Waals surface area contributed by atoms with Gasteiger partial charge in [-0.1, -0.05) is 339 Å². The fourth-order valence-electron chi connectivity index (χ4n) is 15.0. The minimum Gasteiger partial charge on any atom is -0.399 e. The smallest absolute Gasteiger partial charge is 0.399 e. The highest BCUT2D eigenvalue weighted by Crippen LogP contribution is 2.49. The first kappa shape index (κ1) is 47.8. The Morgan fingerprint density at radius 1 is 0.264 bits per heavy atom. The minimum atomic E-state index is -0.646. The van der Waals surface area contributed by atoms with Gasteiger partial charge in [0, 0.05) is 38.2 Å². The maximum atomic E-state index is 9.29. The van der Waals surface area contributed by atoms with Crippen LogP contribution in [0.4, 0.5) is 0 Å². The number of halogens is 1.